The van der Waals surface area contributed by atoms with Crippen LogP contribution in [0.1, 0.15) is 37.4 Å². The number of aromatic nitrogens is 1. The van der Waals surface area contributed by atoms with E-state index in [0.717, 1.165) is 37.4 Å². The molecule has 1 N–H and O–H groups in total. The monoisotopic (exact) mass is 180 g/mol. The van der Waals surface area contributed by atoms with Crippen molar-refractivity contribution >= 4 is 5.88 Å². The second kappa shape index (κ2) is 3.81. The standard InChI is InChI=1S/C10H16N2O/c1-2-5-9-8-6-3-4-7-11-10(8)13-12-9/h11H,2-7H2,1H3. The normalized spacial score (nSPS) is 16.1. The Kier molecular flexibility index (Phi) is 2.52. The maximum absolute atomic E-state index is 5.26. The third-order valence-corrected chi connectivity index (χ3v) is 2.50. The summed E-state index contributed by atoms with van der Waals surface area (Å²) in [5.41, 5.74) is 2.48. The number of hydrogen-bond acceptors (Lipinski definition) is 3. The molecule has 1 aromatic rings. The number of nitrogens with one attached hydrogen (secondary N) is 1. The zero-order valence-corrected chi connectivity index (χ0v) is 8.10. The van der Waals surface area contributed by atoms with Gasteiger partial charge in [-0.25, -0.2) is 0 Å². The second-order valence-electron chi connectivity index (χ2n) is 3.57. The Labute approximate surface area is 78.5 Å². The molecule has 0 spiro atoms. The molecule has 13 heavy (non-hydrogen) atoms. The minimum Gasteiger partial charge on any atom is -0.354 e. The van der Waals surface area contributed by atoms with Crippen LogP contribution < -0.4 is 5.32 Å². The van der Waals surface area contributed by atoms with E-state index in [4.69, 9.17) is 4.52 Å². The summed E-state index contributed by atoms with van der Waals surface area (Å²) in [7, 11) is 0. The van der Waals surface area contributed by atoms with Gasteiger partial charge in [0.25, 0.3) is 0 Å². The van der Waals surface area contributed by atoms with Crippen LogP contribution >= 0.6 is 0 Å². The minimum atomic E-state index is 0.918. The van der Waals surface area contributed by atoms with Crippen molar-refractivity contribution < 1.29 is 4.52 Å². The molecule has 0 radical (unpaired) electrons. The van der Waals surface area contributed by atoms with Gasteiger partial charge in [-0.15, -0.1) is 0 Å². The Morgan fingerprint density at radius 1 is 1.46 bits per heavy atom. The molecule has 0 atom stereocenters. The van der Waals surface area contributed by atoms with Gasteiger partial charge in [-0.3, -0.25) is 0 Å². The van der Waals surface area contributed by atoms with E-state index in [9.17, 15) is 0 Å². The minimum absolute atomic E-state index is 0.918. The van der Waals surface area contributed by atoms with E-state index in [2.05, 4.69) is 17.4 Å². The van der Waals surface area contributed by atoms with Crippen molar-refractivity contribution in [2.75, 3.05) is 11.9 Å². The first-order chi connectivity index (χ1) is 6.42. The molecule has 0 fully saturated rings. The quantitative estimate of drug-likeness (QED) is 0.759. The molecule has 2 rings (SSSR count). The zero-order valence-electron chi connectivity index (χ0n) is 8.10. The van der Waals surface area contributed by atoms with Gasteiger partial charge in [0.15, 0.2) is 0 Å². The molecule has 1 aromatic heterocycles. The van der Waals surface area contributed by atoms with Gasteiger partial charge in [-0.2, -0.15) is 0 Å². The third-order valence-electron chi connectivity index (χ3n) is 2.50. The summed E-state index contributed by atoms with van der Waals surface area (Å²) in [5.74, 6) is 0.918. The summed E-state index contributed by atoms with van der Waals surface area (Å²) >= 11 is 0. The average molecular weight is 180 g/mol. The van der Waals surface area contributed by atoms with Gasteiger partial charge in [-0.1, -0.05) is 18.5 Å². The van der Waals surface area contributed by atoms with Crippen LogP contribution in [-0.4, -0.2) is 11.7 Å². The van der Waals surface area contributed by atoms with E-state index in [-0.39, 0.29) is 0 Å². The highest BCUT2D eigenvalue weighted by molar-refractivity contribution is 5.44. The summed E-state index contributed by atoms with van der Waals surface area (Å²) in [4.78, 5) is 0. The van der Waals surface area contributed by atoms with Crippen LogP contribution in [0.4, 0.5) is 5.88 Å². The zero-order chi connectivity index (χ0) is 9.10. The van der Waals surface area contributed by atoms with E-state index in [1.54, 1.807) is 0 Å². The highest BCUT2D eigenvalue weighted by atomic mass is 16.5. The number of nitrogens with zero attached hydrogens (tertiary/aromatic N) is 1. The Morgan fingerprint density at radius 3 is 3.23 bits per heavy atom. The molecular formula is C10H16N2O. The van der Waals surface area contributed by atoms with Crippen molar-refractivity contribution in [3.05, 3.63) is 11.3 Å². The number of hydrogen-bond donors (Lipinski definition) is 1. The molecule has 3 heteroatoms. The largest absolute Gasteiger partial charge is 0.354 e. The molecule has 0 bridgehead atoms. The van der Waals surface area contributed by atoms with Crippen molar-refractivity contribution in [3.8, 4) is 0 Å². The molecule has 72 valence electrons. The maximum atomic E-state index is 5.26. The second-order valence-corrected chi connectivity index (χ2v) is 3.57. The summed E-state index contributed by atoms with van der Waals surface area (Å²) in [6.45, 7) is 3.19. The highest BCUT2D eigenvalue weighted by Crippen LogP contribution is 2.25. The lowest BCUT2D eigenvalue weighted by molar-refractivity contribution is 0.423. The molecule has 0 aromatic carbocycles. The van der Waals surface area contributed by atoms with Crippen molar-refractivity contribution in [1.82, 2.24) is 5.16 Å². The van der Waals surface area contributed by atoms with E-state index in [0.29, 0.717) is 0 Å². The van der Waals surface area contributed by atoms with Crippen LogP contribution in [0.2, 0.25) is 0 Å². The molecule has 0 unspecified atom stereocenters. The number of anilines is 1. The van der Waals surface area contributed by atoms with Crippen LogP contribution in [0.25, 0.3) is 0 Å². The van der Waals surface area contributed by atoms with E-state index in [1.165, 1.54) is 18.4 Å². The van der Waals surface area contributed by atoms with Crippen molar-refractivity contribution in [3.63, 3.8) is 0 Å². The first kappa shape index (κ1) is 8.60. The van der Waals surface area contributed by atoms with Gasteiger partial charge in [0.1, 0.15) is 0 Å². The van der Waals surface area contributed by atoms with E-state index in [1.807, 2.05) is 0 Å². The summed E-state index contributed by atoms with van der Waals surface area (Å²) in [6.07, 6.45) is 5.79. The molecule has 0 saturated carbocycles. The first-order valence-electron chi connectivity index (χ1n) is 5.13. The third kappa shape index (κ3) is 1.69. The summed E-state index contributed by atoms with van der Waals surface area (Å²) in [5, 5.41) is 7.37. The fourth-order valence-corrected chi connectivity index (χ4v) is 1.80. The lowest BCUT2D eigenvalue weighted by Gasteiger charge is -1.97. The lowest BCUT2D eigenvalue weighted by atomic mass is 10.1. The smallest absolute Gasteiger partial charge is 0.228 e. The van der Waals surface area contributed by atoms with E-state index >= 15 is 0 Å². The average Bonchev–Trinajstić information content (AvgIpc) is 2.38. The van der Waals surface area contributed by atoms with Crippen LogP contribution in [0.3, 0.4) is 0 Å². The molecular weight excluding hydrogens is 164 g/mol. The number of rotatable bonds is 2. The van der Waals surface area contributed by atoms with Gasteiger partial charge < -0.3 is 9.84 Å². The summed E-state index contributed by atoms with van der Waals surface area (Å²) in [6, 6.07) is 0. The van der Waals surface area contributed by atoms with Crippen LogP contribution in [0, 0.1) is 0 Å². The van der Waals surface area contributed by atoms with Crippen molar-refractivity contribution in [2.24, 2.45) is 0 Å². The Bertz CT molecular complexity index is 280. The van der Waals surface area contributed by atoms with E-state index < -0.39 is 0 Å². The van der Waals surface area contributed by atoms with Gasteiger partial charge >= 0.3 is 0 Å². The summed E-state index contributed by atoms with van der Waals surface area (Å²) < 4.78 is 5.26. The predicted molar refractivity (Wildman–Crippen MR) is 51.9 cm³/mol. The number of fused-ring (bicyclic) bond motifs is 1. The van der Waals surface area contributed by atoms with Crippen LogP contribution in [0.5, 0.6) is 0 Å². The SMILES string of the molecule is CCCc1noc2c1CCCCN2. The molecule has 0 saturated heterocycles. The van der Waals surface area contributed by atoms with Crippen molar-refractivity contribution in [2.45, 2.75) is 39.0 Å². The number of aryl methyl sites for hydroxylation is 1. The maximum Gasteiger partial charge on any atom is 0.228 e. The van der Waals surface area contributed by atoms with Crippen LogP contribution in [-0.2, 0) is 12.8 Å². The molecule has 3 nitrogen and oxygen atoms in total. The first-order valence-corrected chi connectivity index (χ1v) is 5.13. The van der Waals surface area contributed by atoms with Crippen LogP contribution in [0.15, 0.2) is 4.52 Å². The molecule has 2 heterocycles. The van der Waals surface area contributed by atoms with Gasteiger partial charge in [-0.05, 0) is 25.7 Å². The van der Waals surface area contributed by atoms with Gasteiger partial charge in [0.05, 0.1) is 5.69 Å². The van der Waals surface area contributed by atoms with Crippen molar-refractivity contribution in [1.29, 1.82) is 0 Å². The fourth-order valence-electron chi connectivity index (χ4n) is 1.80. The Balaban J connectivity index is 2.23. The highest BCUT2D eigenvalue weighted by Gasteiger charge is 2.16. The molecule has 0 aliphatic carbocycles. The Hall–Kier alpha value is -0.990. The molecule has 0 amide bonds. The molecule has 1 aliphatic heterocycles. The Morgan fingerprint density at radius 2 is 2.38 bits per heavy atom. The fraction of sp³-hybridized carbons (Fsp3) is 0.700. The van der Waals surface area contributed by atoms with Gasteiger partial charge in [0.2, 0.25) is 5.88 Å². The predicted octanol–water partition coefficient (Wildman–Crippen LogP) is 2.38. The van der Waals surface area contributed by atoms with Gasteiger partial charge in [0, 0.05) is 12.1 Å². The lowest BCUT2D eigenvalue weighted by Crippen LogP contribution is -1.97. The topological polar surface area (TPSA) is 38.1 Å². The molecule has 1 aliphatic rings.